The van der Waals surface area contributed by atoms with Gasteiger partial charge in [-0.3, -0.25) is 14.2 Å². The fraction of sp³-hybridized carbons (Fsp3) is 0.375. The number of alkyl halides is 2. The predicted molar refractivity (Wildman–Crippen MR) is 122 cm³/mol. The van der Waals surface area contributed by atoms with Gasteiger partial charge in [-0.1, -0.05) is 18.2 Å². The molecule has 3 aromatic rings. The van der Waals surface area contributed by atoms with Gasteiger partial charge in [0.15, 0.2) is 0 Å². The highest BCUT2D eigenvalue weighted by Gasteiger charge is 2.40. The van der Waals surface area contributed by atoms with Crippen molar-refractivity contribution >= 4 is 22.8 Å². The summed E-state index contributed by atoms with van der Waals surface area (Å²) in [5.41, 5.74) is -1.57. The number of amides is 1. The molecule has 1 aromatic carbocycles. The smallest absolute Gasteiger partial charge is 0.266 e. The number of benzene rings is 1. The molecule has 1 saturated heterocycles. The first-order chi connectivity index (χ1) is 16.7. The summed E-state index contributed by atoms with van der Waals surface area (Å²) in [5.74, 6) is -0.823. The number of aromatic nitrogens is 3. The van der Waals surface area contributed by atoms with Crippen molar-refractivity contribution in [3.63, 3.8) is 0 Å². The topological polar surface area (TPSA) is 104 Å². The normalized spacial score (nSPS) is 15.3. The molecule has 0 atom stereocenters. The SMILES string of the molecule is CC(=O)N1CCC(C#N)(c2cc3c(NCc4cccc(C(F)F)c4F)ncnc3n(C)c2=O)CC1. The van der Waals surface area contributed by atoms with Gasteiger partial charge in [0.1, 0.15) is 23.6 Å². The van der Waals surface area contributed by atoms with E-state index in [1.54, 1.807) is 11.0 Å². The largest absolute Gasteiger partial charge is 0.365 e. The number of halogens is 3. The molecule has 35 heavy (non-hydrogen) atoms. The zero-order valence-corrected chi connectivity index (χ0v) is 19.2. The molecule has 0 radical (unpaired) electrons. The number of hydrogen-bond acceptors (Lipinski definition) is 6. The Morgan fingerprint density at radius 1 is 1.29 bits per heavy atom. The number of nitriles is 1. The van der Waals surface area contributed by atoms with Gasteiger partial charge in [-0.15, -0.1) is 0 Å². The Labute approximate surface area is 199 Å². The van der Waals surface area contributed by atoms with Crippen LogP contribution < -0.4 is 10.9 Å². The molecule has 1 fully saturated rings. The summed E-state index contributed by atoms with van der Waals surface area (Å²) < 4.78 is 41.9. The van der Waals surface area contributed by atoms with Crippen molar-refractivity contribution in [2.45, 2.75) is 38.2 Å². The number of fused-ring (bicyclic) bond motifs is 1. The van der Waals surface area contributed by atoms with E-state index in [9.17, 15) is 28.0 Å². The quantitative estimate of drug-likeness (QED) is 0.595. The lowest BCUT2D eigenvalue weighted by atomic mass is 9.74. The molecule has 1 aliphatic rings. The Morgan fingerprint density at radius 2 is 2.00 bits per heavy atom. The van der Waals surface area contributed by atoms with Gasteiger partial charge in [0.25, 0.3) is 12.0 Å². The summed E-state index contributed by atoms with van der Waals surface area (Å²) in [6.07, 6.45) is -1.11. The van der Waals surface area contributed by atoms with Crippen LogP contribution in [0.1, 0.15) is 42.9 Å². The average molecular weight is 484 g/mol. The molecule has 0 bridgehead atoms. The highest BCUT2D eigenvalue weighted by molar-refractivity contribution is 5.87. The van der Waals surface area contributed by atoms with Gasteiger partial charge >= 0.3 is 0 Å². The third-order valence-corrected chi connectivity index (χ3v) is 6.59. The lowest BCUT2D eigenvalue weighted by Gasteiger charge is -2.37. The minimum absolute atomic E-state index is 0.0321. The third kappa shape index (κ3) is 4.32. The molecular formula is C24H23F3N6O2. The van der Waals surface area contributed by atoms with E-state index in [-0.39, 0.29) is 35.0 Å². The molecule has 11 heteroatoms. The Hall–Kier alpha value is -3.94. The second-order valence-electron chi connectivity index (χ2n) is 8.56. The average Bonchev–Trinajstić information content (AvgIpc) is 2.85. The van der Waals surface area contributed by atoms with Crippen LogP contribution in [0.2, 0.25) is 0 Å². The number of aryl methyl sites for hydroxylation is 1. The Kier molecular flexibility index (Phi) is 6.47. The van der Waals surface area contributed by atoms with E-state index in [2.05, 4.69) is 21.4 Å². The first-order valence-corrected chi connectivity index (χ1v) is 11.0. The minimum atomic E-state index is -2.94. The van der Waals surface area contributed by atoms with E-state index < -0.39 is 23.2 Å². The van der Waals surface area contributed by atoms with Gasteiger partial charge in [0.05, 0.1) is 22.4 Å². The van der Waals surface area contributed by atoms with Crippen molar-refractivity contribution in [3.05, 3.63) is 63.5 Å². The summed E-state index contributed by atoms with van der Waals surface area (Å²) in [7, 11) is 1.53. The van der Waals surface area contributed by atoms with E-state index in [0.717, 1.165) is 6.07 Å². The van der Waals surface area contributed by atoms with Crippen LogP contribution in [0, 0.1) is 17.1 Å². The highest BCUT2D eigenvalue weighted by atomic mass is 19.3. The van der Waals surface area contributed by atoms with Crippen LogP contribution in [0.25, 0.3) is 11.0 Å². The first-order valence-electron chi connectivity index (χ1n) is 11.0. The van der Waals surface area contributed by atoms with Crippen LogP contribution in [0.4, 0.5) is 19.0 Å². The van der Waals surface area contributed by atoms with E-state index in [1.807, 2.05) is 0 Å². The summed E-state index contributed by atoms with van der Waals surface area (Å²) in [4.78, 5) is 35.0. The van der Waals surface area contributed by atoms with Gasteiger partial charge in [-0.25, -0.2) is 23.1 Å². The minimum Gasteiger partial charge on any atom is -0.365 e. The number of piperidine rings is 1. The van der Waals surface area contributed by atoms with Crippen LogP contribution in [0.5, 0.6) is 0 Å². The van der Waals surface area contributed by atoms with E-state index in [4.69, 9.17) is 0 Å². The maximum absolute atomic E-state index is 14.5. The molecule has 0 saturated carbocycles. The van der Waals surface area contributed by atoms with Crippen molar-refractivity contribution in [2.75, 3.05) is 18.4 Å². The molecular weight excluding hydrogens is 461 g/mol. The molecule has 2 aromatic heterocycles. The van der Waals surface area contributed by atoms with Gasteiger partial charge in [-0.05, 0) is 18.9 Å². The summed E-state index contributed by atoms with van der Waals surface area (Å²) >= 11 is 0. The van der Waals surface area contributed by atoms with Crippen molar-refractivity contribution in [1.29, 1.82) is 5.26 Å². The number of hydrogen-bond donors (Lipinski definition) is 1. The number of pyridine rings is 1. The number of rotatable bonds is 5. The second kappa shape index (κ2) is 9.37. The number of carbonyl (C=O) groups is 1. The monoisotopic (exact) mass is 484 g/mol. The molecule has 0 unspecified atom stereocenters. The number of nitrogens with one attached hydrogen (secondary N) is 1. The highest BCUT2D eigenvalue weighted by Crippen LogP contribution is 2.35. The first kappa shape index (κ1) is 24.2. The van der Waals surface area contributed by atoms with E-state index >= 15 is 0 Å². The summed E-state index contributed by atoms with van der Waals surface area (Å²) in [6, 6.07) is 7.64. The van der Waals surface area contributed by atoms with E-state index in [1.165, 1.54) is 37.0 Å². The van der Waals surface area contributed by atoms with E-state index in [0.29, 0.717) is 37.0 Å². The molecule has 182 valence electrons. The zero-order chi connectivity index (χ0) is 25.3. The Morgan fingerprint density at radius 3 is 2.63 bits per heavy atom. The standard InChI is InChI=1S/C24H23F3N6O2/c1-14(34)33-8-6-24(12-28,7-9-33)18-10-17-21(30-13-31-22(17)32(2)23(18)35)29-11-15-4-3-5-16(19(15)25)20(26)27/h3-5,10,13,20H,6-9,11H2,1-2H3,(H,29,30,31). The van der Waals surface area contributed by atoms with Crippen molar-refractivity contribution in [3.8, 4) is 6.07 Å². The number of anilines is 1. The van der Waals surface area contributed by atoms with Crippen LogP contribution in [-0.2, 0) is 23.8 Å². The molecule has 8 nitrogen and oxygen atoms in total. The van der Waals surface area contributed by atoms with Crippen LogP contribution in [-0.4, -0.2) is 38.4 Å². The predicted octanol–water partition coefficient (Wildman–Crippen LogP) is 3.42. The third-order valence-electron chi connectivity index (χ3n) is 6.59. The molecule has 1 aliphatic heterocycles. The number of nitrogens with zero attached hydrogens (tertiary/aromatic N) is 5. The van der Waals surface area contributed by atoms with Gasteiger partial charge in [0, 0.05) is 44.7 Å². The fourth-order valence-corrected chi connectivity index (χ4v) is 4.48. The lowest BCUT2D eigenvalue weighted by molar-refractivity contribution is -0.130. The van der Waals surface area contributed by atoms with Crippen LogP contribution in [0.3, 0.4) is 0 Å². The molecule has 3 heterocycles. The fourth-order valence-electron chi connectivity index (χ4n) is 4.48. The van der Waals surface area contributed by atoms with Crippen molar-refractivity contribution in [1.82, 2.24) is 19.4 Å². The summed E-state index contributed by atoms with van der Waals surface area (Å²) in [6.45, 7) is 2.03. The maximum Gasteiger partial charge on any atom is 0.266 e. The van der Waals surface area contributed by atoms with Crippen LogP contribution in [0.15, 0.2) is 35.4 Å². The second-order valence-corrected chi connectivity index (χ2v) is 8.56. The van der Waals surface area contributed by atoms with Gasteiger partial charge in [0.2, 0.25) is 5.91 Å². The summed E-state index contributed by atoms with van der Waals surface area (Å²) in [5, 5.41) is 13.5. The Balaban J connectivity index is 1.74. The van der Waals surface area contributed by atoms with Crippen molar-refractivity contribution in [2.24, 2.45) is 7.05 Å². The van der Waals surface area contributed by atoms with Crippen molar-refractivity contribution < 1.29 is 18.0 Å². The van der Waals surface area contributed by atoms with Gasteiger partial charge in [-0.2, -0.15) is 5.26 Å². The molecule has 0 spiro atoms. The molecule has 4 rings (SSSR count). The Bertz CT molecular complexity index is 1390. The van der Waals surface area contributed by atoms with Gasteiger partial charge < -0.3 is 10.2 Å². The van der Waals surface area contributed by atoms with Crippen LogP contribution >= 0.6 is 0 Å². The molecule has 0 aliphatic carbocycles. The zero-order valence-electron chi connectivity index (χ0n) is 19.2. The molecule has 1 N–H and O–H groups in total. The lowest BCUT2D eigenvalue weighted by Crippen LogP contribution is -2.46. The maximum atomic E-state index is 14.5. The number of likely N-dealkylation sites (tertiary alicyclic amines) is 1. The molecule has 1 amide bonds. The number of carbonyl (C=O) groups excluding carboxylic acids is 1.